The number of aromatic nitrogens is 5. The average Bonchev–Trinajstić information content (AvgIpc) is 2.97. The van der Waals surface area contributed by atoms with E-state index >= 15 is 0 Å². The number of hydrogen-bond acceptors (Lipinski definition) is 4. The van der Waals surface area contributed by atoms with E-state index in [-0.39, 0.29) is 12.4 Å². The third kappa shape index (κ3) is 2.42. The SMILES string of the molecule is C=C(C)c1ccc2nnn(Cc3cc4cccnc4cc3F)c2n1. The van der Waals surface area contributed by atoms with Gasteiger partial charge in [-0.3, -0.25) is 4.98 Å². The van der Waals surface area contributed by atoms with Crippen molar-refractivity contribution in [1.29, 1.82) is 0 Å². The van der Waals surface area contributed by atoms with Crippen LogP contribution in [-0.4, -0.2) is 25.0 Å². The van der Waals surface area contributed by atoms with E-state index in [0.29, 0.717) is 22.2 Å². The molecule has 0 spiro atoms. The van der Waals surface area contributed by atoms with Crippen LogP contribution >= 0.6 is 0 Å². The minimum Gasteiger partial charge on any atom is -0.256 e. The van der Waals surface area contributed by atoms with Gasteiger partial charge in [-0.05, 0) is 36.8 Å². The number of allylic oxidation sites excluding steroid dienone is 1. The lowest BCUT2D eigenvalue weighted by Crippen LogP contribution is -2.05. The van der Waals surface area contributed by atoms with Gasteiger partial charge in [0.2, 0.25) is 0 Å². The average molecular weight is 319 g/mol. The second-order valence-electron chi connectivity index (χ2n) is 5.71. The summed E-state index contributed by atoms with van der Waals surface area (Å²) in [6.07, 6.45) is 1.65. The number of halogens is 1. The van der Waals surface area contributed by atoms with Gasteiger partial charge in [0.25, 0.3) is 0 Å². The van der Waals surface area contributed by atoms with Crippen LogP contribution in [-0.2, 0) is 6.54 Å². The molecule has 0 fully saturated rings. The van der Waals surface area contributed by atoms with Crippen LogP contribution in [0.2, 0.25) is 0 Å². The Balaban J connectivity index is 1.80. The Morgan fingerprint density at radius 1 is 1.21 bits per heavy atom. The molecule has 6 heteroatoms. The van der Waals surface area contributed by atoms with Crippen LogP contribution in [0.3, 0.4) is 0 Å². The highest BCUT2D eigenvalue weighted by atomic mass is 19.1. The van der Waals surface area contributed by atoms with Gasteiger partial charge in [-0.25, -0.2) is 14.1 Å². The van der Waals surface area contributed by atoms with E-state index in [1.54, 1.807) is 16.9 Å². The van der Waals surface area contributed by atoms with Gasteiger partial charge in [-0.1, -0.05) is 17.9 Å². The molecule has 0 bridgehead atoms. The predicted octanol–water partition coefficient (Wildman–Crippen LogP) is 3.60. The molecule has 0 aliphatic carbocycles. The molecule has 4 rings (SSSR count). The van der Waals surface area contributed by atoms with Crippen LogP contribution in [0.25, 0.3) is 27.6 Å². The number of rotatable bonds is 3. The third-order valence-electron chi connectivity index (χ3n) is 3.89. The molecule has 0 radical (unpaired) electrons. The second kappa shape index (κ2) is 5.49. The first-order chi connectivity index (χ1) is 11.6. The van der Waals surface area contributed by atoms with Crippen LogP contribution in [0.4, 0.5) is 4.39 Å². The van der Waals surface area contributed by atoms with E-state index in [4.69, 9.17) is 0 Å². The summed E-state index contributed by atoms with van der Waals surface area (Å²) in [7, 11) is 0. The number of hydrogen-bond donors (Lipinski definition) is 0. The summed E-state index contributed by atoms with van der Waals surface area (Å²) in [5.74, 6) is -0.319. The maximum atomic E-state index is 14.4. The zero-order chi connectivity index (χ0) is 16.7. The van der Waals surface area contributed by atoms with Gasteiger partial charge >= 0.3 is 0 Å². The quantitative estimate of drug-likeness (QED) is 0.579. The Morgan fingerprint density at radius 2 is 2.08 bits per heavy atom. The molecule has 4 aromatic rings. The largest absolute Gasteiger partial charge is 0.256 e. The summed E-state index contributed by atoms with van der Waals surface area (Å²) >= 11 is 0. The van der Waals surface area contributed by atoms with Crippen LogP contribution in [0.5, 0.6) is 0 Å². The molecule has 0 saturated carbocycles. The van der Waals surface area contributed by atoms with Crippen molar-refractivity contribution in [3.05, 3.63) is 66.2 Å². The zero-order valence-electron chi connectivity index (χ0n) is 13.1. The fourth-order valence-electron chi connectivity index (χ4n) is 2.62. The molecule has 24 heavy (non-hydrogen) atoms. The molecule has 0 N–H and O–H groups in total. The first-order valence-electron chi connectivity index (χ1n) is 7.51. The van der Waals surface area contributed by atoms with Gasteiger partial charge in [0.1, 0.15) is 11.3 Å². The normalized spacial score (nSPS) is 11.2. The van der Waals surface area contributed by atoms with Crippen LogP contribution in [0, 0.1) is 5.82 Å². The van der Waals surface area contributed by atoms with Crippen LogP contribution in [0.1, 0.15) is 18.2 Å². The molecule has 3 aromatic heterocycles. The van der Waals surface area contributed by atoms with Crippen molar-refractivity contribution < 1.29 is 4.39 Å². The summed E-state index contributed by atoms with van der Waals surface area (Å²) in [5.41, 5.74) is 4.06. The van der Waals surface area contributed by atoms with Gasteiger partial charge in [0, 0.05) is 23.2 Å². The van der Waals surface area contributed by atoms with E-state index in [1.807, 2.05) is 31.2 Å². The molecular formula is C18H14FN5. The smallest absolute Gasteiger partial charge is 0.179 e. The van der Waals surface area contributed by atoms with Crippen molar-refractivity contribution >= 4 is 27.6 Å². The van der Waals surface area contributed by atoms with Crippen molar-refractivity contribution in [2.45, 2.75) is 13.5 Å². The van der Waals surface area contributed by atoms with Crippen LogP contribution in [0.15, 0.2) is 49.2 Å². The topological polar surface area (TPSA) is 56.5 Å². The number of fused-ring (bicyclic) bond motifs is 2. The molecule has 0 aliphatic heterocycles. The number of benzene rings is 1. The van der Waals surface area contributed by atoms with E-state index in [1.165, 1.54) is 6.07 Å². The van der Waals surface area contributed by atoms with E-state index in [9.17, 15) is 4.39 Å². The summed E-state index contributed by atoms with van der Waals surface area (Å²) < 4.78 is 16.0. The van der Waals surface area contributed by atoms with Gasteiger partial charge in [0.05, 0.1) is 17.8 Å². The third-order valence-corrected chi connectivity index (χ3v) is 3.89. The standard InChI is InChI=1S/C18H14FN5/c1-11(2)15-5-6-16-18(21-15)24(23-22-16)10-13-8-12-4-3-7-20-17(12)9-14(13)19/h3-9H,1,10H2,2H3. The van der Waals surface area contributed by atoms with Crippen molar-refractivity contribution in [2.24, 2.45) is 0 Å². The first kappa shape index (κ1) is 14.4. The number of pyridine rings is 2. The summed E-state index contributed by atoms with van der Waals surface area (Å²) in [6.45, 7) is 6.04. The van der Waals surface area contributed by atoms with Gasteiger partial charge < -0.3 is 0 Å². The molecule has 0 aliphatic rings. The molecule has 0 amide bonds. The minimum absolute atomic E-state index is 0.250. The first-order valence-corrected chi connectivity index (χ1v) is 7.51. The molecular weight excluding hydrogens is 305 g/mol. The lowest BCUT2D eigenvalue weighted by molar-refractivity contribution is 0.583. The van der Waals surface area contributed by atoms with E-state index in [2.05, 4.69) is 26.9 Å². The minimum atomic E-state index is -0.319. The second-order valence-corrected chi connectivity index (χ2v) is 5.71. The Kier molecular flexibility index (Phi) is 3.30. The van der Waals surface area contributed by atoms with E-state index in [0.717, 1.165) is 16.7 Å². The Bertz CT molecular complexity index is 1080. The van der Waals surface area contributed by atoms with Crippen molar-refractivity contribution in [3.63, 3.8) is 0 Å². The van der Waals surface area contributed by atoms with Crippen molar-refractivity contribution in [1.82, 2.24) is 25.0 Å². The van der Waals surface area contributed by atoms with Crippen molar-refractivity contribution in [2.75, 3.05) is 0 Å². The fraction of sp³-hybridized carbons (Fsp3) is 0.111. The molecule has 0 atom stereocenters. The van der Waals surface area contributed by atoms with Gasteiger partial charge in [0.15, 0.2) is 5.65 Å². The van der Waals surface area contributed by atoms with Crippen LogP contribution < -0.4 is 0 Å². The summed E-state index contributed by atoms with van der Waals surface area (Å²) in [6, 6.07) is 10.7. The Labute approximate surface area is 137 Å². The van der Waals surface area contributed by atoms with Gasteiger partial charge in [-0.15, -0.1) is 5.10 Å². The predicted molar refractivity (Wildman–Crippen MR) is 90.8 cm³/mol. The van der Waals surface area contributed by atoms with Crippen molar-refractivity contribution in [3.8, 4) is 0 Å². The number of nitrogens with zero attached hydrogens (tertiary/aromatic N) is 5. The highest BCUT2D eigenvalue weighted by Gasteiger charge is 2.12. The highest BCUT2D eigenvalue weighted by molar-refractivity contribution is 5.79. The monoisotopic (exact) mass is 319 g/mol. The maximum Gasteiger partial charge on any atom is 0.179 e. The molecule has 0 unspecified atom stereocenters. The molecule has 5 nitrogen and oxygen atoms in total. The van der Waals surface area contributed by atoms with Gasteiger partial charge in [-0.2, -0.15) is 0 Å². The highest BCUT2D eigenvalue weighted by Crippen LogP contribution is 2.20. The maximum absolute atomic E-state index is 14.4. The summed E-state index contributed by atoms with van der Waals surface area (Å²) in [4.78, 5) is 8.69. The molecule has 1 aromatic carbocycles. The molecule has 0 saturated heterocycles. The Hall–Kier alpha value is -3.15. The van der Waals surface area contributed by atoms with E-state index < -0.39 is 0 Å². The summed E-state index contributed by atoms with van der Waals surface area (Å²) in [5, 5.41) is 9.08. The Morgan fingerprint density at radius 3 is 2.92 bits per heavy atom. The molecule has 3 heterocycles. The fourth-order valence-corrected chi connectivity index (χ4v) is 2.62. The zero-order valence-corrected chi connectivity index (χ0v) is 13.1. The lowest BCUT2D eigenvalue weighted by Gasteiger charge is -2.06. The molecule has 118 valence electrons. The lowest BCUT2D eigenvalue weighted by atomic mass is 10.1.